The van der Waals surface area contributed by atoms with Crippen molar-refractivity contribution in [3.63, 3.8) is 0 Å². The van der Waals surface area contributed by atoms with Gasteiger partial charge in [-0.2, -0.15) is 0 Å². The highest BCUT2D eigenvalue weighted by Crippen LogP contribution is 2.45. The molecule has 154 valence electrons. The van der Waals surface area contributed by atoms with Crippen LogP contribution >= 0.6 is 0 Å². The number of benzene rings is 3. The van der Waals surface area contributed by atoms with Crippen molar-refractivity contribution in [2.45, 2.75) is 48.0 Å². The Morgan fingerprint density at radius 3 is 2.39 bits per heavy atom. The van der Waals surface area contributed by atoms with Crippen LogP contribution in [-0.2, 0) is 6.42 Å². The predicted molar refractivity (Wildman–Crippen MR) is 134 cm³/mol. The minimum atomic E-state index is 0.604. The van der Waals surface area contributed by atoms with Gasteiger partial charge in [0.1, 0.15) is 0 Å². The van der Waals surface area contributed by atoms with E-state index in [0.717, 1.165) is 11.9 Å². The van der Waals surface area contributed by atoms with Gasteiger partial charge in [0.25, 0.3) is 0 Å². The summed E-state index contributed by atoms with van der Waals surface area (Å²) in [6.07, 6.45) is 3.07. The smallest absolute Gasteiger partial charge is 0.0825 e. The second kappa shape index (κ2) is 6.20. The van der Waals surface area contributed by atoms with E-state index in [2.05, 4.69) is 82.3 Å². The molecule has 0 aliphatic rings. The van der Waals surface area contributed by atoms with E-state index < -0.39 is 0 Å². The molecule has 0 saturated carbocycles. The number of nitrogens with zero attached hydrogens (tertiary/aromatic N) is 2. The van der Waals surface area contributed by atoms with Gasteiger partial charge in [-0.3, -0.25) is 4.98 Å². The van der Waals surface area contributed by atoms with Crippen LogP contribution in [0.2, 0.25) is 0 Å². The summed E-state index contributed by atoms with van der Waals surface area (Å²) in [6, 6.07) is 13.7. The lowest BCUT2D eigenvalue weighted by Crippen LogP contribution is -2.01. The highest BCUT2D eigenvalue weighted by Gasteiger charge is 2.24. The second-order valence-corrected chi connectivity index (χ2v) is 9.78. The van der Waals surface area contributed by atoms with Gasteiger partial charge in [-0.15, -0.1) is 0 Å². The molecule has 3 heterocycles. The summed E-state index contributed by atoms with van der Waals surface area (Å²) in [5.74, 6) is 0.604. The molecule has 0 spiro atoms. The monoisotopic (exact) mass is 404 g/mol. The minimum Gasteiger partial charge on any atom is -0.307 e. The Bertz CT molecular complexity index is 1660. The molecule has 0 N–H and O–H groups in total. The molecule has 0 aliphatic heterocycles. The molecule has 6 rings (SSSR count). The molecule has 6 aromatic rings. The molecule has 31 heavy (non-hydrogen) atoms. The van der Waals surface area contributed by atoms with E-state index in [9.17, 15) is 0 Å². The Balaban J connectivity index is 2.08. The van der Waals surface area contributed by atoms with Gasteiger partial charge in [0, 0.05) is 27.7 Å². The van der Waals surface area contributed by atoms with E-state index in [1.165, 1.54) is 71.3 Å². The third-order valence-corrected chi connectivity index (χ3v) is 7.16. The van der Waals surface area contributed by atoms with Gasteiger partial charge in [0.2, 0.25) is 0 Å². The summed E-state index contributed by atoms with van der Waals surface area (Å²) in [4.78, 5) is 4.97. The Morgan fingerprint density at radius 1 is 0.806 bits per heavy atom. The van der Waals surface area contributed by atoms with Crippen molar-refractivity contribution in [2.24, 2.45) is 5.92 Å². The van der Waals surface area contributed by atoms with Gasteiger partial charge in [0.05, 0.1) is 22.1 Å². The van der Waals surface area contributed by atoms with E-state index in [1.54, 1.807) is 0 Å². The van der Waals surface area contributed by atoms with Crippen molar-refractivity contribution in [3.8, 4) is 0 Å². The molecular weight excluding hydrogens is 376 g/mol. The lowest BCUT2D eigenvalue weighted by atomic mass is 9.92. The maximum Gasteiger partial charge on any atom is 0.0825 e. The molecule has 0 atom stereocenters. The molecule has 2 nitrogen and oxygen atoms in total. The van der Waals surface area contributed by atoms with Gasteiger partial charge < -0.3 is 4.40 Å². The maximum atomic E-state index is 4.97. The quantitative estimate of drug-likeness (QED) is 0.212. The number of rotatable bonds is 2. The molecule has 0 bridgehead atoms. The van der Waals surface area contributed by atoms with E-state index in [0.29, 0.717) is 5.92 Å². The van der Waals surface area contributed by atoms with E-state index >= 15 is 0 Å². The van der Waals surface area contributed by atoms with Crippen molar-refractivity contribution in [2.75, 3.05) is 0 Å². The number of aryl methyl sites for hydroxylation is 4. The van der Waals surface area contributed by atoms with Crippen LogP contribution < -0.4 is 0 Å². The average molecular weight is 405 g/mol. The van der Waals surface area contributed by atoms with E-state index in [4.69, 9.17) is 4.98 Å². The van der Waals surface area contributed by atoms with Crippen LogP contribution in [0.25, 0.3) is 49.0 Å². The Morgan fingerprint density at radius 2 is 1.61 bits per heavy atom. The molecule has 3 aromatic carbocycles. The lowest BCUT2D eigenvalue weighted by Gasteiger charge is -2.18. The molecule has 2 heteroatoms. The van der Waals surface area contributed by atoms with Crippen molar-refractivity contribution in [1.82, 2.24) is 9.38 Å². The molecular formula is C29H28N2. The van der Waals surface area contributed by atoms with Crippen LogP contribution in [0.3, 0.4) is 0 Å². The molecule has 0 unspecified atom stereocenters. The highest BCUT2D eigenvalue weighted by atomic mass is 14.9. The van der Waals surface area contributed by atoms with Crippen molar-refractivity contribution < 1.29 is 0 Å². The first-order chi connectivity index (χ1) is 14.9. The fourth-order valence-corrected chi connectivity index (χ4v) is 5.84. The van der Waals surface area contributed by atoms with Crippen molar-refractivity contribution in [3.05, 3.63) is 70.4 Å². The number of aromatic nitrogens is 2. The zero-order valence-corrected chi connectivity index (χ0v) is 19.2. The summed E-state index contributed by atoms with van der Waals surface area (Å²) < 4.78 is 2.57. The SMILES string of the molecule is Cc1cc(C)c2c(c1C)c1nccc3cc(CC(C)C)c4c5cccc(C)c5n2c4c31. The van der Waals surface area contributed by atoms with Gasteiger partial charge in [-0.05, 0) is 79.3 Å². The Labute approximate surface area is 182 Å². The summed E-state index contributed by atoms with van der Waals surface area (Å²) >= 11 is 0. The molecule has 0 aliphatic carbocycles. The van der Waals surface area contributed by atoms with Gasteiger partial charge in [-0.25, -0.2) is 0 Å². The van der Waals surface area contributed by atoms with Crippen LogP contribution in [0.15, 0.2) is 42.6 Å². The number of hydrogen-bond donors (Lipinski definition) is 0. The first-order valence-corrected chi connectivity index (χ1v) is 11.3. The summed E-state index contributed by atoms with van der Waals surface area (Å²) in [5.41, 5.74) is 11.9. The standard InChI is InChI=1S/C29H28N2/c1-15(2)12-21-14-20-10-11-30-26-23-19(6)17(4)13-18(5)28(23)31-27-16(3)8-7-9-22(27)24(21)29(31)25(20)26/h7-11,13-15H,12H2,1-6H3. The zero-order valence-electron chi connectivity index (χ0n) is 19.2. The van der Waals surface area contributed by atoms with Crippen LogP contribution in [-0.4, -0.2) is 9.38 Å². The third-order valence-electron chi connectivity index (χ3n) is 7.16. The summed E-state index contributed by atoms with van der Waals surface area (Å²) in [6.45, 7) is 13.6. The van der Waals surface area contributed by atoms with Crippen LogP contribution in [0.5, 0.6) is 0 Å². The minimum absolute atomic E-state index is 0.604. The number of pyridine rings is 2. The lowest BCUT2D eigenvalue weighted by molar-refractivity contribution is 0.651. The number of fused-ring (bicyclic) bond motifs is 6. The molecule has 0 amide bonds. The van der Waals surface area contributed by atoms with Gasteiger partial charge >= 0.3 is 0 Å². The predicted octanol–water partition coefficient (Wildman–Crippen LogP) is 7.82. The average Bonchev–Trinajstić information content (AvgIpc) is 3.07. The van der Waals surface area contributed by atoms with Crippen molar-refractivity contribution >= 4 is 49.0 Å². The fourth-order valence-electron chi connectivity index (χ4n) is 5.84. The molecule has 0 radical (unpaired) electrons. The highest BCUT2D eigenvalue weighted by molar-refractivity contribution is 6.29. The first-order valence-electron chi connectivity index (χ1n) is 11.3. The number of para-hydroxylation sites is 1. The number of hydrogen-bond acceptors (Lipinski definition) is 1. The third kappa shape index (κ3) is 2.31. The van der Waals surface area contributed by atoms with Crippen molar-refractivity contribution in [1.29, 1.82) is 0 Å². The Kier molecular flexibility index (Phi) is 3.72. The van der Waals surface area contributed by atoms with Crippen LogP contribution in [0.1, 0.15) is 41.7 Å². The topological polar surface area (TPSA) is 17.3 Å². The van der Waals surface area contributed by atoms with Gasteiger partial charge in [0.15, 0.2) is 0 Å². The van der Waals surface area contributed by atoms with Gasteiger partial charge in [-0.1, -0.05) is 44.2 Å². The summed E-state index contributed by atoms with van der Waals surface area (Å²) in [7, 11) is 0. The molecule has 3 aromatic heterocycles. The molecule has 0 saturated heterocycles. The zero-order chi connectivity index (χ0) is 21.6. The molecule has 0 fully saturated rings. The largest absolute Gasteiger partial charge is 0.307 e. The fraction of sp³-hybridized carbons (Fsp3) is 0.276. The normalized spacial score (nSPS) is 12.6. The first kappa shape index (κ1) is 18.6. The van der Waals surface area contributed by atoms with E-state index in [1.807, 2.05) is 6.20 Å². The second-order valence-electron chi connectivity index (χ2n) is 9.78. The Hall–Kier alpha value is -3.13. The van der Waals surface area contributed by atoms with Crippen LogP contribution in [0.4, 0.5) is 0 Å². The maximum absolute atomic E-state index is 4.97. The summed E-state index contributed by atoms with van der Waals surface area (Å²) in [5, 5.41) is 6.69. The van der Waals surface area contributed by atoms with E-state index in [-0.39, 0.29) is 0 Å². The van der Waals surface area contributed by atoms with Crippen LogP contribution in [0, 0.1) is 33.6 Å².